The summed E-state index contributed by atoms with van der Waals surface area (Å²) in [6.45, 7) is 3.21. The van der Waals surface area contributed by atoms with E-state index >= 15 is 0 Å². The van der Waals surface area contributed by atoms with E-state index in [2.05, 4.69) is 22.1 Å². The van der Waals surface area contributed by atoms with Crippen molar-refractivity contribution in [2.45, 2.75) is 38.8 Å². The van der Waals surface area contributed by atoms with Crippen LogP contribution in [0.5, 0.6) is 11.5 Å². The predicted molar refractivity (Wildman–Crippen MR) is 133 cm³/mol. The fraction of sp³-hybridized carbons (Fsp3) is 0.250. The van der Waals surface area contributed by atoms with Crippen LogP contribution in [0.25, 0.3) is 11.3 Å². The molecule has 1 amide bonds. The van der Waals surface area contributed by atoms with Gasteiger partial charge in [0.2, 0.25) is 0 Å². The number of benzene rings is 2. The summed E-state index contributed by atoms with van der Waals surface area (Å²) < 4.78 is 6.02. The molecule has 3 heterocycles. The number of aromatic nitrogens is 3. The average molecular weight is 469 g/mol. The normalized spacial score (nSPS) is 14.8. The molecule has 1 aliphatic heterocycles. The minimum Gasteiger partial charge on any atom is -0.507 e. The third-order valence-electron chi connectivity index (χ3n) is 6.29. The van der Waals surface area contributed by atoms with E-state index in [-0.39, 0.29) is 11.7 Å². The fourth-order valence-corrected chi connectivity index (χ4v) is 4.59. The van der Waals surface area contributed by atoms with Crippen molar-refractivity contribution in [3.05, 3.63) is 95.4 Å². The lowest BCUT2D eigenvalue weighted by Gasteiger charge is -2.27. The number of rotatable bonds is 9. The highest BCUT2D eigenvalue weighted by molar-refractivity contribution is 6.00. The molecule has 35 heavy (non-hydrogen) atoms. The van der Waals surface area contributed by atoms with E-state index < -0.39 is 6.04 Å². The van der Waals surface area contributed by atoms with Crippen molar-refractivity contribution in [1.29, 1.82) is 0 Å². The smallest absolute Gasteiger partial charge is 0.273 e. The van der Waals surface area contributed by atoms with Gasteiger partial charge in [-0.2, -0.15) is 5.10 Å². The maximum absolute atomic E-state index is 13.6. The van der Waals surface area contributed by atoms with Crippen molar-refractivity contribution < 1.29 is 14.6 Å². The zero-order valence-corrected chi connectivity index (χ0v) is 19.6. The van der Waals surface area contributed by atoms with Crippen LogP contribution in [0.4, 0.5) is 0 Å². The van der Waals surface area contributed by atoms with Gasteiger partial charge in [-0.3, -0.25) is 14.9 Å². The van der Waals surface area contributed by atoms with E-state index in [9.17, 15) is 9.90 Å². The number of ether oxygens (including phenoxy) is 1. The van der Waals surface area contributed by atoms with Gasteiger partial charge in [0, 0.05) is 30.1 Å². The number of phenols is 1. The van der Waals surface area contributed by atoms with Gasteiger partial charge in [-0.15, -0.1) is 0 Å². The Kier molecular flexibility index (Phi) is 6.48. The zero-order chi connectivity index (χ0) is 24.2. The molecule has 7 nitrogen and oxygen atoms in total. The highest BCUT2D eigenvalue weighted by Crippen LogP contribution is 2.45. The summed E-state index contributed by atoms with van der Waals surface area (Å²) in [4.78, 5) is 19.6. The lowest BCUT2D eigenvalue weighted by molar-refractivity contribution is 0.0729. The summed E-state index contributed by atoms with van der Waals surface area (Å²) in [6.07, 6.45) is 6.74. The molecule has 0 spiro atoms. The topological polar surface area (TPSA) is 91.3 Å². The number of unbranched alkanes of at least 4 members (excludes halogenated alkanes) is 2. The first-order valence-electron chi connectivity index (χ1n) is 12.0. The van der Waals surface area contributed by atoms with Crippen LogP contribution in [-0.2, 0) is 6.54 Å². The summed E-state index contributed by atoms with van der Waals surface area (Å²) in [5, 5.41) is 17.9. The minimum atomic E-state index is -0.398. The summed E-state index contributed by atoms with van der Waals surface area (Å²) in [7, 11) is 0. The molecule has 0 fully saturated rings. The molecule has 0 saturated heterocycles. The molecule has 2 aromatic heterocycles. The van der Waals surface area contributed by atoms with Crippen molar-refractivity contribution in [2.75, 3.05) is 6.61 Å². The van der Waals surface area contributed by atoms with Crippen LogP contribution < -0.4 is 4.74 Å². The van der Waals surface area contributed by atoms with Gasteiger partial charge >= 0.3 is 0 Å². The van der Waals surface area contributed by atoms with Gasteiger partial charge in [0.1, 0.15) is 22.9 Å². The molecule has 2 N–H and O–H groups in total. The largest absolute Gasteiger partial charge is 0.507 e. The Balaban J connectivity index is 1.57. The molecule has 0 saturated carbocycles. The molecule has 4 aromatic rings. The van der Waals surface area contributed by atoms with Crippen molar-refractivity contribution in [3.8, 4) is 22.8 Å². The lowest BCUT2D eigenvalue weighted by Crippen LogP contribution is -2.29. The Morgan fingerprint density at radius 3 is 2.77 bits per heavy atom. The third-order valence-corrected chi connectivity index (χ3v) is 6.29. The highest BCUT2D eigenvalue weighted by Gasteiger charge is 2.42. The number of nitrogens with zero attached hydrogens (tertiary/aromatic N) is 3. The highest BCUT2D eigenvalue weighted by atomic mass is 16.5. The number of hydrogen-bond acceptors (Lipinski definition) is 5. The number of hydrogen-bond donors (Lipinski definition) is 2. The number of nitrogens with one attached hydrogen (secondary N) is 1. The Labute approximate surface area is 204 Å². The SMILES string of the molecule is CCCCCOc1cccc(C2c3c(-c4ccccc4O)n[nH]c3C(=O)N2Cc2cccnc2)c1. The molecule has 0 bridgehead atoms. The van der Waals surface area contributed by atoms with Gasteiger partial charge < -0.3 is 14.7 Å². The van der Waals surface area contributed by atoms with Crippen molar-refractivity contribution in [3.63, 3.8) is 0 Å². The number of phenolic OH excluding ortho intramolecular Hbond substituents is 1. The van der Waals surface area contributed by atoms with Crippen LogP contribution in [0.2, 0.25) is 0 Å². The number of H-pyrrole nitrogens is 1. The van der Waals surface area contributed by atoms with Crippen molar-refractivity contribution in [1.82, 2.24) is 20.1 Å². The number of pyridine rings is 1. The van der Waals surface area contributed by atoms with E-state index in [1.165, 1.54) is 0 Å². The van der Waals surface area contributed by atoms with E-state index in [1.54, 1.807) is 24.5 Å². The molecule has 5 rings (SSSR count). The molecule has 178 valence electrons. The summed E-state index contributed by atoms with van der Waals surface area (Å²) in [5.74, 6) is 0.748. The van der Waals surface area contributed by atoms with Crippen molar-refractivity contribution >= 4 is 5.91 Å². The molecule has 1 unspecified atom stereocenters. The number of fused-ring (bicyclic) bond motifs is 1. The molecular formula is C28H28N4O3. The zero-order valence-electron chi connectivity index (χ0n) is 19.6. The first kappa shape index (κ1) is 22.7. The summed E-state index contributed by atoms with van der Waals surface area (Å²) in [6, 6.07) is 18.4. The predicted octanol–water partition coefficient (Wildman–Crippen LogP) is 5.49. The van der Waals surface area contributed by atoms with Gasteiger partial charge in [-0.1, -0.05) is 50.1 Å². The second-order valence-electron chi connectivity index (χ2n) is 8.70. The maximum Gasteiger partial charge on any atom is 0.273 e. The Morgan fingerprint density at radius 2 is 1.97 bits per heavy atom. The second-order valence-corrected chi connectivity index (χ2v) is 8.70. The lowest BCUT2D eigenvalue weighted by atomic mass is 9.95. The molecule has 1 atom stereocenters. The van der Waals surface area contributed by atoms with Crippen LogP contribution in [0.15, 0.2) is 73.1 Å². The van der Waals surface area contributed by atoms with Gasteiger partial charge in [0.15, 0.2) is 0 Å². The average Bonchev–Trinajstić information content (AvgIpc) is 3.42. The van der Waals surface area contributed by atoms with Crippen molar-refractivity contribution in [2.24, 2.45) is 0 Å². The van der Waals surface area contributed by atoms with Gasteiger partial charge in [-0.25, -0.2) is 0 Å². The molecule has 0 radical (unpaired) electrons. The standard InChI is InChI=1S/C28H28N4O3/c1-2-3-6-15-35-21-11-7-10-20(16-21)27-24-25(22-12-4-5-13-23(22)33)30-31-26(24)28(34)32(27)18-19-9-8-14-29-17-19/h4-5,7-14,16-17,27,33H,2-3,6,15,18H2,1H3,(H,30,31). The molecule has 0 aliphatic carbocycles. The third kappa shape index (κ3) is 4.49. The number of aromatic amines is 1. The van der Waals surface area contributed by atoms with E-state index in [0.717, 1.165) is 41.7 Å². The molecule has 2 aromatic carbocycles. The van der Waals surface area contributed by atoms with Gasteiger partial charge in [0.05, 0.1) is 12.6 Å². The fourth-order valence-electron chi connectivity index (χ4n) is 4.59. The van der Waals surface area contributed by atoms with Gasteiger partial charge in [0.25, 0.3) is 5.91 Å². The number of aromatic hydroxyl groups is 1. The minimum absolute atomic E-state index is 0.117. The van der Waals surface area contributed by atoms with Crippen LogP contribution >= 0.6 is 0 Å². The first-order valence-corrected chi connectivity index (χ1v) is 12.0. The number of amides is 1. The summed E-state index contributed by atoms with van der Waals surface area (Å²) >= 11 is 0. The maximum atomic E-state index is 13.6. The molecule has 1 aliphatic rings. The Bertz CT molecular complexity index is 1320. The van der Waals surface area contributed by atoms with E-state index in [4.69, 9.17) is 4.74 Å². The number of carbonyl (C=O) groups excluding carboxylic acids is 1. The van der Waals surface area contributed by atoms with E-state index in [0.29, 0.717) is 30.1 Å². The summed E-state index contributed by atoms with van der Waals surface area (Å²) in [5.41, 5.74) is 4.19. The number of para-hydroxylation sites is 1. The monoisotopic (exact) mass is 468 g/mol. The number of carbonyl (C=O) groups is 1. The quantitative estimate of drug-likeness (QED) is 0.317. The van der Waals surface area contributed by atoms with Crippen LogP contribution in [0.1, 0.15) is 59.4 Å². The Hall–Kier alpha value is -4.13. The Morgan fingerprint density at radius 1 is 1.09 bits per heavy atom. The molecular weight excluding hydrogens is 440 g/mol. The first-order chi connectivity index (χ1) is 17.2. The van der Waals surface area contributed by atoms with Crippen LogP contribution in [0.3, 0.4) is 0 Å². The van der Waals surface area contributed by atoms with Gasteiger partial charge in [-0.05, 0) is 47.9 Å². The van der Waals surface area contributed by atoms with E-state index in [1.807, 2.05) is 53.4 Å². The second kappa shape index (κ2) is 10.0. The van der Waals surface area contributed by atoms with Crippen LogP contribution in [-0.4, -0.2) is 37.7 Å². The van der Waals surface area contributed by atoms with Crippen LogP contribution in [0, 0.1) is 0 Å². The molecule has 7 heteroatoms.